The van der Waals surface area contributed by atoms with E-state index in [0.717, 1.165) is 24.4 Å². The molecule has 1 fully saturated rings. The van der Waals surface area contributed by atoms with E-state index < -0.39 is 23.5 Å². The normalized spacial score (nSPS) is 21.5. The Morgan fingerprint density at radius 1 is 1.15 bits per heavy atom. The lowest BCUT2D eigenvalue weighted by Crippen LogP contribution is -2.38. The molecule has 2 heterocycles. The van der Waals surface area contributed by atoms with Crippen molar-refractivity contribution in [3.63, 3.8) is 0 Å². The van der Waals surface area contributed by atoms with Crippen molar-refractivity contribution in [2.45, 2.75) is 39.3 Å². The van der Waals surface area contributed by atoms with E-state index in [-0.39, 0.29) is 17.4 Å². The molecule has 2 aliphatic rings. The summed E-state index contributed by atoms with van der Waals surface area (Å²) in [5.41, 5.74) is 2.01. The molecule has 0 radical (unpaired) electrons. The highest BCUT2D eigenvalue weighted by Gasteiger charge is 2.46. The minimum absolute atomic E-state index is 0.0260. The lowest BCUT2D eigenvalue weighted by Gasteiger charge is -2.28. The first-order valence-corrected chi connectivity index (χ1v) is 11.4. The molecular formula is C26H29FN2O4. The largest absolute Gasteiger partial charge is 0.507 e. The summed E-state index contributed by atoms with van der Waals surface area (Å²) >= 11 is 0. The minimum atomic E-state index is -0.787. The average molecular weight is 453 g/mol. The first-order chi connectivity index (χ1) is 15.8. The monoisotopic (exact) mass is 452 g/mol. The highest BCUT2D eigenvalue weighted by atomic mass is 19.1. The molecule has 0 aromatic heterocycles. The van der Waals surface area contributed by atoms with E-state index in [1.54, 1.807) is 30.3 Å². The summed E-state index contributed by atoms with van der Waals surface area (Å²) in [6, 6.07) is 10.2. The van der Waals surface area contributed by atoms with Gasteiger partial charge in [-0.1, -0.05) is 26.0 Å². The number of halogens is 1. The number of rotatable bonds is 7. The Hall–Kier alpha value is -3.19. The van der Waals surface area contributed by atoms with Crippen LogP contribution < -0.4 is 4.74 Å². The van der Waals surface area contributed by atoms with Crippen LogP contribution in [0.2, 0.25) is 0 Å². The number of ketones is 1. The summed E-state index contributed by atoms with van der Waals surface area (Å²) in [6.07, 6.45) is 0.748. The number of benzene rings is 2. The maximum Gasteiger partial charge on any atom is 0.295 e. The van der Waals surface area contributed by atoms with Gasteiger partial charge in [-0.3, -0.25) is 9.59 Å². The Balaban J connectivity index is 1.77. The van der Waals surface area contributed by atoms with Crippen molar-refractivity contribution in [3.05, 3.63) is 70.5 Å². The predicted molar refractivity (Wildman–Crippen MR) is 123 cm³/mol. The quantitative estimate of drug-likeness (QED) is 0.392. The highest BCUT2D eigenvalue weighted by Crippen LogP contribution is 2.40. The number of nitrogens with zero attached hydrogens (tertiary/aromatic N) is 2. The summed E-state index contributed by atoms with van der Waals surface area (Å²) in [5, 5.41) is 11.2. The summed E-state index contributed by atoms with van der Waals surface area (Å²) < 4.78 is 19.4. The van der Waals surface area contributed by atoms with Crippen LogP contribution in [0.25, 0.3) is 5.76 Å². The second kappa shape index (κ2) is 9.35. The molecule has 1 N–H and O–H groups in total. The van der Waals surface area contributed by atoms with Crippen LogP contribution in [0.5, 0.6) is 5.75 Å². The number of Topliss-reactive ketones (excluding diaryl/α,β-unsaturated/α-hetero) is 1. The standard InChI is InChI=1S/C26H29FN2O4/c1-4-28(5-2)12-13-29-23(17-6-9-20(27)10-7-17)22(25(31)26(29)32)24(30)18-8-11-21-19(15-18)14-16(3)33-21/h6-11,15-16,23,30H,4-5,12-14H2,1-3H3/t16-,23+/m1/s1. The molecule has 6 nitrogen and oxygen atoms in total. The van der Waals surface area contributed by atoms with Crippen LogP contribution in [-0.4, -0.2) is 58.9 Å². The molecule has 4 rings (SSSR count). The van der Waals surface area contributed by atoms with Crippen LogP contribution in [0.4, 0.5) is 4.39 Å². The van der Waals surface area contributed by atoms with Gasteiger partial charge >= 0.3 is 0 Å². The lowest BCUT2D eigenvalue weighted by atomic mass is 9.94. The number of amides is 1. The van der Waals surface area contributed by atoms with Crippen LogP contribution in [0, 0.1) is 5.82 Å². The molecule has 33 heavy (non-hydrogen) atoms. The number of likely N-dealkylation sites (N-methyl/N-ethyl adjacent to an activating group) is 1. The Labute approximate surface area is 193 Å². The van der Waals surface area contributed by atoms with Crippen molar-refractivity contribution < 1.29 is 23.8 Å². The molecule has 2 aromatic rings. The van der Waals surface area contributed by atoms with E-state index in [0.29, 0.717) is 30.6 Å². The SMILES string of the molecule is CCN(CC)CCN1C(=O)C(=O)C(=C(O)c2ccc3c(c2)C[C@@H](C)O3)[C@@H]1c1ccc(F)cc1. The van der Waals surface area contributed by atoms with Gasteiger partial charge in [0.15, 0.2) is 0 Å². The zero-order valence-corrected chi connectivity index (χ0v) is 19.2. The summed E-state index contributed by atoms with van der Waals surface area (Å²) in [4.78, 5) is 29.8. The minimum Gasteiger partial charge on any atom is -0.507 e. The Morgan fingerprint density at radius 3 is 2.52 bits per heavy atom. The predicted octanol–water partition coefficient (Wildman–Crippen LogP) is 3.91. The van der Waals surface area contributed by atoms with E-state index in [1.165, 1.54) is 17.0 Å². The zero-order valence-electron chi connectivity index (χ0n) is 19.2. The number of hydrogen-bond donors (Lipinski definition) is 1. The molecule has 0 aliphatic carbocycles. The molecule has 1 amide bonds. The maximum atomic E-state index is 13.6. The van der Waals surface area contributed by atoms with Crippen LogP contribution in [-0.2, 0) is 16.0 Å². The van der Waals surface area contributed by atoms with Crippen molar-refractivity contribution in [1.82, 2.24) is 9.80 Å². The summed E-state index contributed by atoms with van der Waals surface area (Å²) in [6.45, 7) is 8.58. The molecular weight excluding hydrogens is 423 g/mol. The lowest BCUT2D eigenvalue weighted by molar-refractivity contribution is -0.140. The van der Waals surface area contributed by atoms with Gasteiger partial charge in [-0.05, 0) is 61.5 Å². The number of aliphatic hydroxyl groups is 1. The molecule has 0 spiro atoms. The number of carbonyl (C=O) groups is 2. The van der Waals surface area contributed by atoms with Gasteiger partial charge in [-0.2, -0.15) is 0 Å². The van der Waals surface area contributed by atoms with Crippen molar-refractivity contribution in [2.24, 2.45) is 0 Å². The highest BCUT2D eigenvalue weighted by molar-refractivity contribution is 6.46. The maximum absolute atomic E-state index is 13.6. The number of fused-ring (bicyclic) bond motifs is 1. The van der Waals surface area contributed by atoms with Crippen LogP contribution in [0.15, 0.2) is 48.0 Å². The Kier molecular flexibility index (Phi) is 6.51. The Bertz CT molecular complexity index is 1090. The number of carbonyl (C=O) groups excluding carboxylic acids is 2. The number of aliphatic hydroxyl groups excluding tert-OH is 1. The third-order valence-electron chi connectivity index (χ3n) is 6.45. The molecule has 0 unspecified atom stereocenters. The van der Waals surface area contributed by atoms with Crippen molar-refractivity contribution in [1.29, 1.82) is 0 Å². The van der Waals surface area contributed by atoms with E-state index in [1.807, 2.05) is 20.8 Å². The second-order valence-corrected chi connectivity index (χ2v) is 8.53. The van der Waals surface area contributed by atoms with Gasteiger partial charge < -0.3 is 19.6 Å². The fraction of sp³-hybridized carbons (Fsp3) is 0.385. The first kappa shape index (κ1) is 23.0. The zero-order chi connectivity index (χ0) is 23.7. The van der Waals surface area contributed by atoms with E-state index >= 15 is 0 Å². The molecule has 174 valence electrons. The molecule has 1 saturated heterocycles. The van der Waals surface area contributed by atoms with Crippen LogP contribution in [0.1, 0.15) is 43.5 Å². The number of likely N-dealkylation sites (tertiary alicyclic amines) is 1. The van der Waals surface area contributed by atoms with Crippen LogP contribution >= 0.6 is 0 Å². The molecule has 2 aliphatic heterocycles. The number of hydrogen-bond acceptors (Lipinski definition) is 5. The molecule has 7 heteroatoms. The smallest absolute Gasteiger partial charge is 0.295 e. The topological polar surface area (TPSA) is 70.1 Å². The molecule has 0 bridgehead atoms. The second-order valence-electron chi connectivity index (χ2n) is 8.53. The third-order valence-corrected chi connectivity index (χ3v) is 6.45. The van der Waals surface area contributed by atoms with Crippen molar-refractivity contribution in [2.75, 3.05) is 26.2 Å². The molecule has 0 saturated carbocycles. The van der Waals surface area contributed by atoms with Crippen LogP contribution in [0.3, 0.4) is 0 Å². The molecule has 2 aromatic carbocycles. The van der Waals surface area contributed by atoms with Gasteiger partial charge in [0.05, 0.1) is 11.6 Å². The summed E-state index contributed by atoms with van der Waals surface area (Å²) in [7, 11) is 0. The number of ether oxygens (including phenoxy) is 1. The van der Waals surface area contributed by atoms with Gasteiger partial charge in [0.2, 0.25) is 0 Å². The third kappa shape index (κ3) is 4.37. The van der Waals surface area contributed by atoms with Crippen molar-refractivity contribution in [3.8, 4) is 5.75 Å². The fourth-order valence-electron chi connectivity index (χ4n) is 4.62. The van der Waals surface area contributed by atoms with Gasteiger partial charge in [0, 0.05) is 25.1 Å². The van der Waals surface area contributed by atoms with Gasteiger partial charge in [0.1, 0.15) is 23.4 Å². The van der Waals surface area contributed by atoms with E-state index in [9.17, 15) is 19.1 Å². The van der Waals surface area contributed by atoms with E-state index in [4.69, 9.17) is 4.74 Å². The van der Waals surface area contributed by atoms with Gasteiger partial charge in [-0.25, -0.2) is 4.39 Å². The van der Waals surface area contributed by atoms with Crippen molar-refractivity contribution >= 4 is 17.4 Å². The fourth-order valence-corrected chi connectivity index (χ4v) is 4.62. The van der Waals surface area contributed by atoms with E-state index in [2.05, 4.69) is 4.90 Å². The average Bonchev–Trinajstić information content (AvgIpc) is 3.30. The summed E-state index contributed by atoms with van der Waals surface area (Å²) in [5.74, 6) is -1.27. The van der Waals surface area contributed by atoms with Gasteiger partial charge in [-0.15, -0.1) is 0 Å². The first-order valence-electron chi connectivity index (χ1n) is 11.4. The molecule has 2 atom stereocenters. The Morgan fingerprint density at radius 2 is 1.85 bits per heavy atom. The van der Waals surface area contributed by atoms with Gasteiger partial charge in [0.25, 0.3) is 11.7 Å².